The van der Waals surface area contributed by atoms with Gasteiger partial charge in [0.1, 0.15) is 0 Å². The van der Waals surface area contributed by atoms with Crippen LogP contribution in [0, 0.1) is 5.92 Å². The predicted octanol–water partition coefficient (Wildman–Crippen LogP) is 2.32. The van der Waals surface area contributed by atoms with E-state index < -0.39 is 0 Å². The zero-order valence-electron chi connectivity index (χ0n) is 4.28. The summed E-state index contributed by atoms with van der Waals surface area (Å²) in [7, 11) is 0. The van der Waals surface area contributed by atoms with Crippen LogP contribution in [0.5, 0.6) is 0 Å². The Hall–Kier alpha value is 0.480. The first-order valence-electron chi connectivity index (χ1n) is 2.97. The molecular weight excluding hydrogens is 152 g/mol. The van der Waals surface area contributed by atoms with Crippen LogP contribution in [0.15, 0.2) is 0 Å². The third kappa shape index (κ3) is 0.479. The number of hydrogen-bond donors (Lipinski definition) is 0. The van der Waals surface area contributed by atoms with E-state index in [9.17, 15) is 0 Å². The van der Waals surface area contributed by atoms with Gasteiger partial charge in [-0.05, 0) is 31.6 Å². The molecule has 40 valence electrons. The van der Waals surface area contributed by atoms with Crippen LogP contribution in [-0.2, 0) is 0 Å². The topological polar surface area (TPSA) is 0 Å². The highest BCUT2D eigenvalue weighted by molar-refractivity contribution is 9.10. The van der Waals surface area contributed by atoms with Gasteiger partial charge in [0.05, 0.1) is 0 Å². The second-order valence-electron chi connectivity index (χ2n) is 2.96. The van der Waals surface area contributed by atoms with E-state index in [-0.39, 0.29) is 0 Å². The maximum absolute atomic E-state index is 3.71. The van der Waals surface area contributed by atoms with E-state index >= 15 is 0 Å². The zero-order valence-corrected chi connectivity index (χ0v) is 5.87. The Morgan fingerprint density at radius 3 is 2.29 bits per heavy atom. The second-order valence-corrected chi connectivity index (χ2v) is 4.65. The first kappa shape index (κ1) is 4.37. The average molecular weight is 161 g/mol. The summed E-state index contributed by atoms with van der Waals surface area (Å²) in [6, 6.07) is 0. The van der Waals surface area contributed by atoms with Crippen molar-refractivity contribution in [2.45, 2.75) is 30.0 Å². The molecule has 1 heteroatoms. The van der Waals surface area contributed by atoms with Gasteiger partial charge in [0.25, 0.3) is 0 Å². The molecule has 0 aromatic rings. The fraction of sp³-hybridized carbons (Fsp3) is 1.00. The standard InChI is InChI=1S/C6H9Br/c7-6-2-1-5(3-6)4-6/h5H,1-4H2. The van der Waals surface area contributed by atoms with Crippen molar-refractivity contribution in [2.75, 3.05) is 0 Å². The summed E-state index contributed by atoms with van der Waals surface area (Å²) in [4.78, 5) is 0. The van der Waals surface area contributed by atoms with E-state index in [1.165, 1.54) is 25.7 Å². The normalized spacial score (nSPS) is 57.0. The fourth-order valence-corrected chi connectivity index (χ4v) is 2.99. The van der Waals surface area contributed by atoms with Crippen LogP contribution in [-0.4, -0.2) is 4.32 Å². The van der Waals surface area contributed by atoms with Crippen LogP contribution in [0.4, 0.5) is 0 Å². The molecule has 7 heavy (non-hydrogen) atoms. The van der Waals surface area contributed by atoms with E-state index in [1.807, 2.05) is 0 Å². The predicted molar refractivity (Wildman–Crippen MR) is 33.6 cm³/mol. The summed E-state index contributed by atoms with van der Waals surface area (Å²) in [6.07, 6.45) is 5.86. The summed E-state index contributed by atoms with van der Waals surface area (Å²) in [5, 5.41) is 0. The maximum atomic E-state index is 3.71. The van der Waals surface area contributed by atoms with Crippen molar-refractivity contribution < 1.29 is 0 Å². The number of hydrogen-bond acceptors (Lipinski definition) is 0. The van der Waals surface area contributed by atoms with Gasteiger partial charge in [-0.3, -0.25) is 0 Å². The van der Waals surface area contributed by atoms with Gasteiger partial charge in [-0.15, -0.1) is 0 Å². The van der Waals surface area contributed by atoms with Crippen molar-refractivity contribution in [3.8, 4) is 0 Å². The van der Waals surface area contributed by atoms with Crippen molar-refractivity contribution in [3.05, 3.63) is 0 Å². The van der Waals surface area contributed by atoms with E-state index in [1.54, 1.807) is 0 Å². The lowest BCUT2D eigenvalue weighted by atomic mass is 9.84. The molecule has 0 spiro atoms. The van der Waals surface area contributed by atoms with E-state index in [2.05, 4.69) is 15.9 Å². The maximum Gasteiger partial charge on any atom is 0.0263 e. The van der Waals surface area contributed by atoms with Crippen LogP contribution in [0.3, 0.4) is 0 Å². The molecule has 0 heterocycles. The number of rotatable bonds is 0. The van der Waals surface area contributed by atoms with Gasteiger partial charge in [-0.25, -0.2) is 0 Å². The molecule has 2 bridgehead atoms. The van der Waals surface area contributed by atoms with Crippen LogP contribution in [0.1, 0.15) is 25.7 Å². The first-order valence-corrected chi connectivity index (χ1v) is 3.77. The molecule has 0 aromatic carbocycles. The van der Waals surface area contributed by atoms with Gasteiger partial charge in [0.2, 0.25) is 0 Å². The third-order valence-electron chi connectivity index (χ3n) is 2.31. The van der Waals surface area contributed by atoms with Crippen LogP contribution in [0.25, 0.3) is 0 Å². The molecule has 3 aliphatic carbocycles. The second kappa shape index (κ2) is 1.07. The highest BCUT2D eigenvalue weighted by Gasteiger charge is 2.47. The summed E-state index contributed by atoms with van der Waals surface area (Å²) < 4.78 is 0.650. The van der Waals surface area contributed by atoms with Gasteiger partial charge < -0.3 is 0 Å². The summed E-state index contributed by atoms with van der Waals surface area (Å²) >= 11 is 3.71. The minimum atomic E-state index is 0.650. The lowest BCUT2D eigenvalue weighted by Gasteiger charge is -2.32. The molecule has 0 amide bonds. The third-order valence-corrected chi connectivity index (χ3v) is 3.35. The molecule has 0 radical (unpaired) electrons. The summed E-state index contributed by atoms with van der Waals surface area (Å²) in [5.41, 5.74) is 0. The van der Waals surface area contributed by atoms with E-state index in [4.69, 9.17) is 0 Å². The average Bonchev–Trinajstić information content (AvgIpc) is 1.88. The quantitative estimate of drug-likeness (QED) is 0.478. The summed E-state index contributed by atoms with van der Waals surface area (Å²) in [5.74, 6) is 1.11. The van der Waals surface area contributed by atoms with Crippen molar-refractivity contribution in [2.24, 2.45) is 5.92 Å². The highest BCUT2D eigenvalue weighted by atomic mass is 79.9. The highest BCUT2D eigenvalue weighted by Crippen LogP contribution is 2.57. The van der Waals surface area contributed by atoms with Crippen LogP contribution < -0.4 is 0 Å². The van der Waals surface area contributed by atoms with E-state index in [0.717, 1.165) is 5.92 Å². The Morgan fingerprint density at radius 2 is 2.14 bits per heavy atom. The monoisotopic (exact) mass is 160 g/mol. The summed E-state index contributed by atoms with van der Waals surface area (Å²) in [6.45, 7) is 0. The Bertz CT molecular complexity index is 86.8. The van der Waals surface area contributed by atoms with Gasteiger partial charge in [0, 0.05) is 4.32 Å². The van der Waals surface area contributed by atoms with Gasteiger partial charge in [-0.1, -0.05) is 15.9 Å². The minimum absolute atomic E-state index is 0.650. The van der Waals surface area contributed by atoms with Crippen LogP contribution in [0.2, 0.25) is 0 Å². The zero-order chi connectivity index (χ0) is 4.91. The Morgan fingerprint density at radius 1 is 1.43 bits per heavy atom. The smallest absolute Gasteiger partial charge is 0.0263 e. The largest absolute Gasteiger partial charge is 0.0853 e. The van der Waals surface area contributed by atoms with Crippen molar-refractivity contribution in [1.29, 1.82) is 0 Å². The molecule has 3 saturated carbocycles. The molecule has 0 aromatic heterocycles. The molecule has 0 unspecified atom stereocenters. The fourth-order valence-electron chi connectivity index (χ4n) is 1.85. The number of fused-ring (bicyclic) bond motifs is 1. The Labute approximate surface area is 52.4 Å². The van der Waals surface area contributed by atoms with Crippen molar-refractivity contribution >= 4 is 15.9 Å². The molecule has 3 aliphatic rings. The van der Waals surface area contributed by atoms with Crippen LogP contribution >= 0.6 is 15.9 Å². The Balaban J connectivity index is 2.20. The number of halogens is 1. The molecule has 0 N–H and O–H groups in total. The van der Waals surface area contributed by atoms with E-state index in [0.29, 0.717) is 4.32 Å². The lowest BCUT2D eigenvalue weighted by molar-refractivity contribution is 0.347. The molecule has 3 fully saturated rings. The molecule has 0 atom stereocenters. The first-order chi connectivity index (χ1) is 3.29. The van der Waals surface area contributed by atoms with Crippen molar-refractivity contribution in [3.63, 3.8) is 0 Å². The van der Waals surface area contributed by atoms with Crippen molar-refractivity contribution in [1.82, 2.24) is 0 Å². The molecule has 0 nitrogen and oxygen atoms in total. The molecule has 0 saturated heterocycles. The molecule has 3 rings (SSSR count). The lowest BCUT2D eigenvalue weighted by Crippen LogP contribution is -2.27. The van der Waals surface area contributed by atoms with Gasteiger partial charge in [0.15, 0.2) is 0 Å². The molecular formula is C6H9Br. The minimum Gasteiger partial charge on any atom is -0.0853 e. The SMILES string of the molecule is BrC12CCC(C1)C2. The van der Waals surface area contributed by atoms with Gasteiger partial charge in [-0.2, -0.15) is 0 Å². The number of alkyl halides is 1. The Kier molecular flexibility index (Phi) is 0.668. The molecule has 0 aliphatic heterocycles. The van der Waals surface area contributed by atoms with Gasteiger partial charge >= 0.3 is 0 Å².